The number of nitrogens with one attached hydrogen (secondary N) is 1. The summed E-state index contributed by atoms with van der Waals surface area (Å²) < 4.78 is 15.5. The number of amides is 3. The molecule has 4 rings (SSSR count). The minimum atomic E-state index is -0.988. The lowest BCUT2D eigenvalue weighted by Gasteiger charge is -2.20. The molecule has 0 bridgehead atoms. The number of carbonyl (C=O) groups excluding carboxylic acids is 3. The van der Waals surface area contributed by atoms with Crippen molar-refractivity contribution in [3.63, 3.8) is 0 Å². The second kappa shape index (κ2) is 8.53. The average Bonchev–Trinajstić information content (AvgIpc) is 3.32. The Morgan fingerprint density at radius 3 is 2.34 bits per heavy atom. The van der Waals surface area contributed by atoms with E-state index >= 15 is 0 Å². The van der Waals surface area contributed by atoms with Crippen LogP contribution >= 0.6 is 0 Å². The van der Waals surface area contributed by atoms with Gasteiger partial charge >= 0.3 is 0 Å². The highest BCUT2D eigenvalue weighted by molar-refractivity contribution is 6.25. The Bertz CT molecular complexity index is 1090. The lowest BCUT2D eigenvalue weighted by atomic mass is 10.1. The predicted molar refractivity (Wildman–Crippen MR) is 113 cm³/mol. The Labute approximate surface area is 183 Å². The zero-order valence-electron chi connectivity index (χ0n) is 17.6. The summed E-state index contributed by atoms with van der Waals surface area (Å²) in [5.74, 6) is 0.167. The topological polar surface area (TPSA) is 122 Å². The summed E-state index contributed by atoms with van der Waals surface area (Å²) in [5, 5.41) is 11.8. The van der Waals surface area contributed by atoms with Crippen molar-refractivity contribution in [3.05, 3.63) is 42.5 Å². The Morgan fingerprint density at radius 1 is 0.969 bits per heavy atom. The molecule has 0 radical (unpaired) electrons. The molecule has 11 nitrogen and oxygen atoms in total. The van der Waals surface area contributed by atoms with E-state index in [9.17, 15) is 14.4 Å². The van der Waals surface area contributed by atoms with Crippen molar-refractivity contribution in [1.29, 1.82) is 0 Å². The molecule has 2 heterocycles. The Kier molecular flexibility index (Phi) is 5.63. The van der Waals surface area contributed by atoms with Crippen molar-refractivity contribution in [2.45, 2.75) is 12.1 Å². The van der Waals surface area contributed by atoms with Crippen LogP contribution in [0.25, 0.3) is 0 Å². The number of anilines is 2. The molecule has 2 aliphatic rings. The van der Waals surface area contributed by atoms with E-state index < -0.39 is 29.8 Å². The summed E-state index contributed by atoms with van der Waals surface area (Å²) in [6.07, 6.45) is 0. The molecule has 1 fully saturated rings. The largest absolute Gasteiger partial charge is 0.497 e. The lowest BCUT2D eigenvalue weighted by Crippen LogP contribution is -2.43. The Hall–Kier alpha value is -4.15. The summed E-state index contributed by atoms with van der Waals surface area (Å²) in [6.45, 7) is -0.255. The molecule has 166 valence electrons. The lowest BCUT2D eigenvalue weighted by molar-refractivity contribution is -0.123. The number of hydrogen-bond donors (Lipinski definition) is 1. The van der Waals surface area contributed by atoms with Gasteiger partial charge in [0.2, 0.25) is 5.91 Å². The minimum Gasteiger partial charge on any atom is -0.497 e. The zero-order chi connectivity index (χ0) is 22.8. The van der Waals surface area contributed by atoms with Gasteiger partial charge in [-0.2, -0.15) is 5.11 Å². The van der Waals surface area contributed by atoms with Crippen LogP contribution in [0.1, 0.15) is 0 Å². The Morgan fingerprint density at radius 2 is 1.69 bits per heavy atom. The van der Waals surface area contributed by atoms with Crippen molar-refractivity contribution in [3.8, 4) is 17.2 Å². The van der Waals surface area contributed by atoms with Gasteiger partial charge in [0.05, 0.1) is 27.0 Å². The second-order valence-corrected chi connectivity index (χ2v) is 7.02. The normalized spacial score (nSPS) is 19.2. The van der Waals surface area contributed by atoms with Crippen LogP contribution in [0.4, 0.5) is 11.4 Å². The maximum atomic E-state index is 13.0. The monoisotopic (exact) mass is 439 g/mol. The molecule has 0 unspecified atom stereocenters. The van der Waals surface area contributed by atoms with Crippen LogP contribution in [0.15, 0.2) is 52.8 Å². The van der Waals surface area contributed by atoms with Gasteiger partial charge in [-0.25, -0.2) is 4.90 Å². The molecule has 0 saturated carbocycles. The van der Waals surface area contributed by atoms with E-state index in [0.29, 0.717) is 28.6 Å². The quantitative estimate of drug-likeness (QED) is 0.651. The van der Waals surface area contributed by atoms with Crippen molar-refractivity contribution in [1.82, 2.24) is 5.01 Å². The van der Waals surface area contributed by atoms with Crippen LogP contribution in [0, 0.1) is 0 Å². The molecular formula is C21H21N5O6. The number of hydrogen-bond acceptors (Lipinski definition) is 9. The van der Waals surface area contributed by atoms with Crippen LogP contribution in [0.2, 0.25) is 0 Å². The van der Waals surface area contributed by atoms with E-state index in [0.717, 1.165) is 4.90 Å². The first-order valence-corrected chi connectivity index (χ1v) is 9.68. The average molecular weight is 439 g/mol. The highest BCUT2D eigenvalue weighted by Gasteiger charge is 2.55. The molecule has 2 atom stereocenters. The van der Waals surface area contributed by atoms with Gasteiger partial charge in [-0.3, -0.25) is 19.4 Å². The third kappa shape index (κ3) is 3.68. The highest BCUT2D eigenvalue weighted by Crippen LogP contribution is 2.33. The molecule has 2 aliphatic heterocycles. The maximum Gasteiger partial charge on any atom is 0.263 e. The molecule has 11 heteroatoms. The van der Waals surface area contributed by atoms with Crippen molar-refractivity contribution >= 4 is 29.1 Å². The molecule has 2 aromatic carbocycles. The molecule has 3 amide bonds. The molecule has 0 aromatic heterocycles. The minimum absolute atomic E-state index is 0.255. The van der Waals surface area contributed by atoms with E-state index in [2.05, 4.69) is 15.7 Å². The molecular weight excluding hydrogens is 418 g/mol. The molecule has 0 spiro atoms. The predicted octanol–water partition coefficient (Wildman–Crippen LogP) is 1.64. The summed E-state index contributed by atoms with van der Waals surface area (Å²) >= 11 is 0. The number of fused-ring (bicyclic) bond motifs is 1. The highest BCUT2D eigenvalue weighted by atomic mass is 16.5. The fraction of sp³-hybridized carbons (Fsp3) is 0.286. The molecule has 2 aromatic rings. The third-order valence-corrected chi connectivity index (χ3v) is 5.16. The van der Waals surface area contributed by atoms with Gasteiger partial charge in [0.25, 0.3) is 11.8 Å². The molecule has 32 heavy (non-hydrogen) atoms. The first-order valence-electron chi connectivity index (χ1n) is 9.68. The molecule has 1 saturated heterocycles. The van der Waals surface area contributed by atoms with Crippen molar-refractivity contribution in [2.24, 2.45) is 10.3 Å². The van der Waals surface area contributed by atoms with Gasteiger partial charge in [-0.15, -0.1) is 0 Å². The van der Waals surface area contributed by atoms with E-state index in [4.69, 9.17) is 14.2 Å². The molecule has 1 N–H and O–H groups in total. The second-order valence-electron chi connectivity index (χ2n) is 7.02. The number of methoxy groups -OCH3 is 3. The SMILES string of the molecule is COc1ccc(N2C(=O)[C@H]3N=NN(CC(=O)Nc4ccc(OC)c(OC)c4)[C@@H]3C2=O)cc1. The van der Waals surface area contributed by atoms with Crippen LogP contribution in [-0.2, 0) is 14.4 Å². The maximum absolute atomic E-state index is 13.0. The number of nitrogens with zero attached hydrogens (tertiary/aromatic N) is 4. The molecule has 0 aliphatic carbocycles. The van der Waals surface area contributed by atoms with Gasteiger partial charge in [0, 0.05) is 11.8 Å². The first kappa shape index (κ1) is 21.1. The smallest absolute Gasteiger partial charge is 0.263 e. The number of benzene rings is 2. The van der Waals surface area contributed by atoms with Crippen molar-refractivity contribution in [2.75, 3.05) is 38.1 Å². The van der Waals surface area contributed by atoms with Gasteiger partial charge < -0.3 is 19.5 Å². The van der Waals surface area contributed by atoms with Crippen molar-refractivity contribution < 1.29 is 28.6 Å². The van der Waals surface area contributed by atoms with Gasteiger partial charge in [-0.1, -0.05) is 5.22 Å². The van der Waals surface area contributed by atoms with E-state index in [1.54, 1.807) is 42.5 Å². The summed E-state index contributed by atoms with van der Waals surface area (Å²) in [6, 6.07) is 9.50. The number of ether oxygens (including phenoxy) is 3. The van der Waals surface area contributed by atoms with Gasteiger partial charge in [-0.05, 0) is 36.4 Å². The number of carbonyl (C=O) groups is 3. The van der Waals surface area contributed by atoms with Gasteiger partial charge in [0.1, 0.15) is 12.3 Å². The summed E-state index contributed by atoms with van der Waals surface area (Å²) in [4.78, 5) is 39.4. The van der Waals surface area contributed by atoms with Crippen LogP contribution in [-0.4, -0.2) is 62.7 Å². The van der Waals surface area contributed by atoms with E-state index in [-0.39, 0.29) is 6.54 Å². The van der Waals surface area contributed by atoms with Crippen LogP contribution < -0.4 is 24.4 Å². The Balaban J connectivity index is 1.46. The third-order valence-electron chi connectivity index (χ3n) is 5.16. The standard InChI is InChI=1S/C21H21N5O6/c1-30-14-7-5-13(6-8-14)26-20(28)18-19(21(26)29)25(24-23-18)11-17(27)22-12-4-9-15(31-2)16(10-12)32-3/h4-10,18-19H,11H2,1-3H3,(H,22,27)/t18-,19-/m0/s1. The fourth-order valence-electron chi connectivity index (χ4n) is 3.60. The van der Waals surface area contributed by atoms with E-state index in [1.807, 2.05) is 0 Å². The van der Waals surface area contributed by atoms with E-state index in [1.165, 1.54) is 26.3 Å². The van der Waals surface area contributed by atoms with Gasteiger partial charge in [0.15, 0.2) is 23.6 Å². The summed E-state index contributed by atoms with van der Waals surface area (Å²) in [5.41, 5.74) is 0.883. The fourth-order valence-corrected chi connectivity index (χ4v) is 3.60. The first-order chi connectivity index (χ1) is 15.5. The number of imide groups is 1. The zero-order valence-corrected chi connectivity index (χ0v) is 17.6. The van der Waals surface area contributed by atoms with Crippen LogP contribution in [0.5, 0.6) is 17.2 Å². The van der Waals surface area contributed by atoms with Crippen LogP contribution in [0.3, 0.4) is 0 Å². The summed E-state index contributed by atoms with van der Waals surface area (Å²) in [7, 11) is 4.53. The number of rotatable bonds is 7.